The van der Waals surface area contributed by atoms with E-state index in [2.05, 4.69) is 9.80 Å². The van der Waals surface area contributed by atoms with Crippen molar-refractivity contribution in [2.24, 2.45) is 11.7 Å². The molecule has 2 saturated heterocycles. The zero-order valence-corrected chi connectivity index (χ0v) is 12.4. The predicted octanol–water partition coefficient (Wildman–Crippen LogP) is 2.06. The molecule has 0 aromatic carbocycles. The van der Waals surface area contributed by atoms with E-state index in [-0.39, 0.29) is 0 Å². The molecule has 0 aromatic rings. The molecular formula is C16H31N3. The Morgan fingerprint density at radius 3 is 2.37 bits per heavy atom. The van der Waals surface area contributed by atoms with Crippen LogP contribution in [-0.4, -0.2) is 54.6 Å². The smallest absolute Gasteiger partial charge is 0.0235 e. The molecule has 19 heavy (non-hydrogen) atoms. The van der Waals surface area contributed by atoms with E-state index in [9.17, 15) is 0 Å². The highest BCUT2D eigenvalue weighted by Crippen LogP contribution is 2.30. The van der Waals surface area contributed by atoms with Crippen LogP contribution in [0, 0.1) is 5.92 Å². The molecule has 3 unspecified atom stereocenters. The number of nitrogens with two attached hydrogens (primary N) is 1. The normalized spacial score (nSPS) is 38.7. The highest BCUT2D eigenvalue weighted by atomic mass is 15.3. The largest absolute Gasteiger partial charge is 0.330 e. The fraction of sp³-hybridized carbons (Fsp3) is 1.00. The average molecular weight is 265 g/mol. The molecule has 3 fully saturated rings. The van der Waals surface area contributed by atoms with Gasteiger partial charge in [0.25, 0.3) is 0 Å². The fourth-order valence-electron chi connectivity index (χ4n) is 4.59. The third-order valence-corrected chi connectivity index (χ3v) is 5.74. The highest BCUT2D eigenvalue weighted by Gasteiger charge is 2.35. The topological polar surface area (TPSA) is 32.5 Å². The van der Waals surface area contributed by atoms with E-state index in [1.54, 1.807) is 0 Å². The molecule has 3 heteroatoms. The van der Waals surface area contributed by atoms with Gasteiger partial charge < -0.3 is 5.73 Å². The number of nitrogens with zero attached hydrogens (tertiary/aromatic N) is 2. The van der Waals surface area contributed by atoms with Crippen molar-refractivity contribution in [3.8, 4) is 0 Å². The van der Waals surface area contributed by atoms with Gasteiger partial charge in [0.15, 0.2) is 0 Å². The highest BCUT2D eigenvalue weighted by molar-refractivity contribution is 4.91. The van der Waals surface area contributed by atoms with E-state index in [0.717, 1.165) is 24.5 Å². The van der Waals surface area contributed by atoms with Crippen molar-refractivity contribution in [2.45, 2.75) is 63.5 Å². The van der Waals surface area contributed by atoms with E-state index in [0.29, 0.717) is 0 Å². The van der Waals surface area contributed by atoms with Gasteiger partial charge in [0.05, 0.1) is 0 Å². The van der Waals surface area contributed by atoms with Crippen molar-refractivity contribution in [2.75, 3.05) is 32.7 Å². The summed E-state index contributed by atoms with van der Waals surface area (Å²) in [6.07, 6.45) is 11.3. The second-order valence-corrected chi connectivity index (χ2v) is 6.88. The molecule has 0 radical (unpaired) electrons. The first-order valence-electron chi connectivity index (χ1n) is 8.56. The van der Waals surface area contributed by atoms with Crippen molar-refractivity contribution in [3.05, 3.63) is 0 Å². The molecule has 3 atom stereocenters. The second-order valence-electron chi connectivity index (χ2n) is 6.88. The lowest BCUT2D eigenvalue weighted by molar-refractivity contribution is 0.149. The van der Waals surface area contributed by atoms with Crippen LogP contribution in [0.5, 0.6) is 0 Å². The molecular weight excluding hydrogens is 234 g/mol. The van der Waals surface area contributed by atoms with Gasteiger partial charge in [0, 0.05) is 25.2 Å². The van der Waals surface area contributed by atoms with E-state index in [4.69, 9.17) is 5.73 Å². The van der Waals surface area contributed by atoms with Crippen LogP contribution in [0.1, 0.15) is 51.4 Å². The predicted molar refractivity (Wildman–Crippen MR) is 80.2 cm³/mol. The summed E-state index contributed by atoms with van der Waals surface area (Å²) in [4.78, 5) is 5.54. The summed E-state index contributed by atoms with van der Waals surface area (Å²) >= 11 is 0. The molecule has 2 N–H and O–H groups in total. The van der Waals surface area contributed by atoms with Crippen molar-refractivity contribution < 1.29 is 0 Å². The zero-order valence-electron chi connectivity index (χ0n) is 12.4. The van der Waals surface area contributed by atoms with Crippen LogP contribution in [0.2, 0.25) is 0 Å². The third kappa shape index (κ3) is 3.14. The van der Waals surface area contributed by atoms with Crippen molar-refractivity contribution in [3.63, 3.8) is 0 Å². The summed E-state index contributed by atoms with van der Waals surface area (Å²) in [6.45, 7) is 6.24. The quantitative estimate of drug-likeness (QED) is 0.793. The first-order valence-corrected chi connectivity index (χ1v) is 8.56. The SMILES string of the molecule is NCC1CCCCCC1N1CCC(N2CCCC2)C1. The Morgan fingerprint density at radius 2 is 1.58 bits per heavy atom. The van der Waals surface area contributed by atoms with E-state index >= 15 is 0 Å². The summed E-state index contributed by atoms with van der Waals surface area (Å²) < 4.78 is 0. The van der Waals surface area contributed by atoms with Crippen LogP contribution in [0.25, 0.3) is 0 Å². The summed E-state index contributed by atoms with van der Waals surface area (Å²) in [5.74, 6) is 0.764. The summed E-state index contributed by atoms with van der Waals surface area (Å²) in [5.41, 5.74) is 6.05. The van der Waals surface area contributed by atoms with Gasteiger partial charge >= 0.3 is 0 Å². The zero-order chi connectivity index (χ0) is 13.1. The van der Waals surface area contributed by atoms with Crippen LogP contribution in [-0.2, 0) is 0 Å². The minimum atomic E-state index is 0.764. The van der Waals surface area contributed by atoms with Gasteiger partial charge in [0.2, 0.25) is 0 Å². The van der Waals surface area contributed by atoms with Crippen LogP contribution in [0.3, 0.4) is 0 Å². The number of likely N-dealkylation sites (tertiary alicyclic amines) is 2. The van der Waals surface area contributed by atoms with Gasteiger partial charge in [0.1, 0.15) is 0 Å². The first-order chi connectivity index (χ1) is 9.38. The molecule has 3 rings (SSSR count). The number of hydrogen-bond acceptors (Lipinski definition) is 3. The van der Waals surface area contributed by atoms with Crippen LogP contribution < -0.4 is 5.73 Å². The van der Waals surface area contributed by atoms with E-state index < -0.39 is 0 Å². The maximum absolute atomic E-state index is 6.05. The molecule has 0 amide bonds. The van der Waals surface area contributed by atoms with Crippen molar-refractivity contribution in [1.29, 1.82) is 0 Å². The van der Waals surface area contributed by atoms with Crippen molar-refractivity contribution in [1.82, 2.24) is 9.80 Å². The average Bonchev–Trinajstić information content (AvgIpc) is 3.05. The fourth-order valence-corrected chi connectivity index (χ4v) is 4.59. The Morgan fingerprint density at radius 1 is 0.789 bits per heavy atom. The molecule has 2 heterocycles. The third-order valence-electron chi connectivity index (χ3n) is 5.74. The van der Waals surface area contributed by atoms with Crippen LogP contribution >= 0.6 is 0 Å². The van der Waals surface area contributed by atoms with Gasteiger partial charge in [-0.05, 0) is 57.7 Å². The van der Waals surface area contributed by atoms with Crippen LogP contribution in [0.4, 0.5) is 0 Å². The van der Waals surface area contributed by atoms with Gasteiger partial charge in [-0.3, -0.25) is 9.80 Å². The van der Waals surface area contributed by atoms with Gasteiger partial charge in [-0.15, -0.1) is 0 Å². The molecule has 3 nitrogen and oxygen atoms in total. The molecule has 1 aliphatic carbocycles. The minimum absolute atomic E-state index is 0.764. The Kier molecular flexibility index (Phi) is 4.78. The molecule has 0 bridgehead atoms. The lowest BCUT2D eigenvalue weighted by Gasteiger charge is -2.33. The Hall–Kier alpha value is -0.120. The van der Waals surface area contributed by atoms with Crippen LogP contribution in [0.15, 0.2) is 0 Å². The van der Waals surface area contributed by atoms with Crippen molar-refractivity contribution >= 4 is 0 Å². The van der Waals surface area contributed by atoms with Gasteiger partial charge in [-0.25, -0.2) is 0 Å². The second kappa shape index (κ2) is 6.55. The number of rotatable bonds is 3. The standard InChI is InChI=1S/C16H31N3/c17-12-14-6-2-1-3-7-16(14)19-11-8-15(13-19)18-9-4-5-10-18/h14-16H,1-13,17H2. The molecule has 3 aliphatic rings. The molecule has 110 valence electrons. The summed E-state index contributed by atoms with van der Waals surface area (Å²) in [5, 5.41) is 0. The first kappa shape index (κ1) is 13.8. The van der Waals surface area contributed by atoms with Gasteiger partial charge in [-0.2, -0.15) is 0 Å². The Labute approximate surface area is 118 Å². The Balaban J connectivity index is 1.58. The molecule has 0 spiro atoms. The lowest BCUT2D eigenvalue weighted by atomic mass is 9.94. The minimum Gasteiger partial charge on any atom is -0.330 e. The number of hydrogen-bond donors (Lipinski definition) is 1. The lowest BCUT2D eigenvalue weighted by Crippen LogP contribution is -2.43. The van der Waals surface area contributed by atoms with Gasteiger partial charge in [-0.1, -0.05) is 19.3 Å². The molecule has 2 aliphatic heterocycles. The maximum Gasteiger partial charge on any atom is 0.0235 e. The maximum atomic E-state index is 6.05. The van der Waals surface area contributed by atoms with E-state index in [1.807, 2.05) is 0 Å². The summed E-state index contributed by atoms with van der Waals surface area (Å²) in [6, 6.07) is 1.64. The summed E-state index contributed by atoms with van der Waals surface area (Å²) in [7, 11) is 0. The van der Waals surface area contributed by atoms with E-state index in [1.165, 1.54) is 77.5 Å². The molecule has 0 aromatic heterocycles. The monoisotopic (exact) mass is 265 g/mol. The Bertz CT molecular complexity index is 275. The molecule has 1 saturated carbocycles.